The van der Waals surface area contributed by atoms with Crippen molar-refractivity contribution >= 4 is 16.8 Å². The predicted molar refractivity (Wildman–Crippen MR) is 98.4 cm³/mol. The Morgan fingerprint density at radius 2 is 2.04 bits per heavy atom. The highest BCUT2D eigenvalue weighted by Gasteiger charge is 2.20. The summed E-state index contributed by atoms with van der Waals surface area (Å²) in [7, 11) is 0. The molecule has 4 rings (SSSR count). The summed E-state index contributed by atoms with van der Waals surface area (Å²) in [5.41, 5.74) is 2.70. The zero-order valence-electron chi connectivity index (χ0n) is 14.9. The number of ether oxygens (including phenoxy) is 2. The molecule has 0 saturated heterocycles. The van der Waals surface area contributed by atoms with E-state index < -0.39 is 0 Å². The number of hydrogen-bond acceptors (Lipinski definition) is 7. The molecule has 7 nitrogen and oxygen atoms in total. The van der Waals surface area contributed by atoms with E-state index in [1.807, 2.05) is 6.92 Å². The molecule has 140 valence electrons. The van der Waals surface area contributed by atoms with Gasteiger partial charge in [-0.15, -0.1) is 0 Å². The molecule has 3 heterocycles. The first-order valence-electron chi connectivity index (χ1n) is 8.81. The molecule has 0 unspecified atom stereocenters. The van der Waals surface area contributed by atoms with Gasteiger partial charge < -0.3 is 24.3 Å². The van der Waals surface area contributed by atoms with Crippen LogP contribution in [-0.4, -0.2) is 42.2 Å². The quantitative estimate of drug-likeness (QED) is 0.509. The molecule has 2 N–H and O–H groups in total. The highest BCUT2D eigenvalue weighted by molar-refractivity contribution is 6.09. The van der Waals surface area contributed by atoms with Crippen LogP contribution in [0.4, 0.5) is 0 Å². The third-order valence-corrected chi connectivity index (χ3v) is 4.45. The van der Waals surface area contributed by atoms with Crippen molar-refractivity contribution in [2.75, 3.05) is 26.4 Å². The number of fused-ring (bicyclic) bond motifs is 2. The van der Waals surface area contributed by atoms with Crippen LogP contribution in [0.1, 0.15) is 27.4 Å². The molecule has 1 aliphatic rings. The molecule has 0 radical (unpaired) electrons. The van der Waals surface area contributed by atoms with Gasteiger partial charge >= 0.3 is 0 Å². The molecular formula is C20H20N2O5. The zero-order chi connectivity index (χ0) is 18.8. The molecule has 0 aliphatic carbocycles. The monoisotopic (exact) mass is 368 g/mol. The zero-order valence-corrected chi connectivity index (χ0v) is 14.9. The number of pyridine rings is 1. The van der Waals surface area contributed by atoms with Crippen molar-refractivity contribution in [3.8, 4) is 11.5 Å². The fraction of sp³-hybridized carbons (Fsp3) is 0.300. The first kappa shape index (κ1) is 17.5. The average Bonchev–Trinajstić information content (AvgIpc) is 3.15. The van der Waals surface area contributed by atoms with E-state index in [-0.39, 0.29) is 18.2 Å². The summed E-state index contributed by atoms with van der Waals surface area (Å²) >= 11 is 0. The van der Waals surface area contributed by atoms with Gasteiger partial charge in [-0.25, -0.2) is 0 Å². The number of benzene rings is 1. The molecule has 1 aromatic carbocycles. The molecule has 0 amide bonds. The van der Waals surface area contributed by atoms with Crippen molar-refractivity contribution in [2.24, 2.45) is 0 Å². The lowest BCUT2D eigenvalue weighted by molar-refractivity contribution is 0.101. The Kier molecular flexibility index (Phi) is 4.79. The van der Waals surface area contributed by atoms with E-state index in [2.05, 4.69) is 10.3 Å². The molecule has 3 aromatic rings. The molecule has 27 heavy (non-hydrogen) atoms. The average molecular weight is 368 g/mol. The summed E-state index contributed by atoms with van der Waals surface area (Å²) in [5, 5.41) is 12.9. The number of aliphatic hydroxyl groups excluding tert-OH is 1. The van der Waals surface area contributed by atoms with Crippen LogP contribution in [0, 0.1) is 6.92 Å². The van der Waals surface area contributed by atoms with Crippen LogP contribution in [0.3, 0.4) is 0 Å². The Balaban J connectivity index is 1.68. The number of carbonyl (C=O) groups is 1. The molecule has 0 atom stereocenters. The second-order valence-corrected chi connectivity index (χ2v) is 6.31. The normalized spacial score (nSPS) is 13.1. The SMILES string of the molecule is Cc1ncc(CNCCO)c2cc(C(=O)c3ccc4c(c3)OCCO4)oc12. The second kappa shape index (κ2) is 7.38. The number of aryl methyl sites for hydroxylation is 1. The number of nitrogens with one attached hydrogen (secondary N) is 1. The summed E-state index contributed by atoms with van der Waals surface area (Å²) in [5.74, 6) is 1.23. The second-order valence-electron chi connectivity index (χ2n) is 6.31. The molecule has 0 spiro atoms. The van der Waals surface area contributed by atoms with Crippen molar-refractivity contribution in [3.63, 3.8) is 0 Å². The number of furan rings is 1. The van der Waals surface area contributed by atoms with Gasteiger partial charge in [-0.3, -0.25) is 9.78 Å². The largest absolute Gasteiger partial charge is 0.486 e. The summed E-state index contributed by atoms with van der Waals surface area (Å²) in [6, 6.07) is 6.87. The number of carbonyl (C=O) groups excluding carboxylic acids is 1. The van der Waals surface area contributed by atoms with E-state index in [0.717, 1.165) is 16.6 Å². The van der Waals surface area contributed by atoms with Crippen LogP contribution < -0.4 is 14.8 Å². The number of ketones is 1. The molecular weight excluding hydrogens is 348 g/mol. The van der Waals surface area contributed by atoms with Gasteiger partial charge in [-0.1, -0.05) is 0 Å². The summed E-state index contributed by atoms with van der Waals surface area (Å²) in [4.78, 5) is 17.3. The van der Waals surface area contributed by atoms with Crippen LogP contribution >= 0.6 is 0 Å². The topological polar surface area (TPSA) is 93.8 Å². The van der Waals surface area contributed by atoms with Gasteiger partial charge in [-0.2, -0.15) is 0 Å². The van der Waals surface area contributed by atoms with E-state index in [1.54, 1.807) is 30.5 Å². The van der Waals surface area contributed by atoms with Gasteiger partial charge in [-0.05, 0) is 36.8 Å². The van der Waals surface area contributed by atoms with Crippen molar-refractivity contribution in [1.29, 1.82) is 0 Å². The standard InChI is InChI=1S/C20H20N2O5/c1-12-20-15(14(11-22-12)10-21-4-5-23)9-18(27-20)19(24)13-2-3-16-17(8-13)26-7-6-25-16/h2-3,8-9,11,21,23H,4-7,10H2,1H3. The maximum absolute atomic E-state index is 12.9. The minimum atomic E-state index is -0.225. The van der Waals surface area contributed by atoms with Gasteiger partial charge in [0.15, 0.2) is 22.8 Å². The fourth-order valence-corrected chi connectivity index (χ4v) is 3.08. The van der Waals surface area contributed by atoms with E-state index in [9.17, 15) is 4.79 Å². The lowest BCUT2D eigenvalue weighted by Crippen LogP contribution is -2.17. The third-order valence-electron chi connectivity index (χ3n) is 4.45. The number of aliphatic hydroxyl groups is 1. The Morgan fingerprint density at radius 1 is 1.22 bits per heavy atom. The van der Waals surface area contributed by atoms with Crippen molar-refractivity contribution in [2.45, 2.75) is 13.5 Å². The maximum atomic E-state index is 12.9. The predicted octanol–water partition coefficient (Wildman–Crippen LogP) is 2.22. The van der Waals surface area contributed by atoms with Crippen LogP contribution in [0.2, 0.25) is 0 Å². The van der Waals surface area contributed by atoms with Crippen LogP contribution in [0.5, 0.6) is 11.5 Å². The number of rotatable bonds is 6. The van der Waals surface area contributed by atoms with Crippen LogP contribution in [0.15, 0.2) is 34.9 Å². The summed E-state index contributed by atoms with van der Waals surface area (Å²) in [6.45, 7) is 3.88. The van der Waals surface area contributed by atoms with Gasteiger partial charge in [0.1, 0.15) is 13.2 Å². The van der Waals surface area contributed by atoms with E-state index in [1.165, 1.54) is 0 Å². The van der Waals surface area contributed by atoms with E-state index in [0.29, 0.717) is 48.9 Å². The molecule has 2 aromatic heterocycles. The molecule has 0 bridgehead atoms. The Bertz CT molecular complexity index is 995. The highest BCUT2D eigenvalue weighted by Crippen LogP contribution is 2.32. The van der Waals surface area contributed by atoms with Gasteiger partial charge in [0.2, 0.25) is 5.78 Å². The van der Waals surface area contributed by atoms with Crippen molar-refractivity contribution in [3.05, 3.63) is 53.0 Å². The van der Waals surface area contributed by atoms with Gasteiger partial charge in [0, 0.05) is 30.2 Å². The number of nitrogens with zero attached hydrogens (tertiary/aromatic N) is 1. The Hall–Kier alpha value is -2.90. The summed E-state index contributed by atoms with van der Waals surface area (Å²) < 4.78 is 16.9. The van der Waals surface area contributed by atoms with Gasteiger partial charge in [0.25, 0.3) is 0 Å². The smallest absolute Gasteiger partial charge is 0.228 e. The maximum Gasteiger partial charge on any atom is 0.228 e. The van der Waals surface area contributed by atoms with E-state index >= 15 is 0 Å². The van der Waals surface area contributed by atoms with Crippen molar-refractivity contribution < 1.29 is 23.8 Å². The molecule has 7 heteroatoms. The van der Waals surface area contributed by atoms with Crippen LogP contribution in [-0.2, 0) is 6.54 Å². The Morgan fingerprint density at radius 3 is 2.85 bits per heavy atom. The minimum absolute atomic E-state index is 0.0572. The van der Waals surface area contributed by atoms with E-state index in [4.69, 9.17) is 19.0 Å². The number of hydrogen-bond donors (Lipinski definition) is 2. The number of aromatic nitrogens is 1. The minimum Gasteiger partial charge on any atom is -0.486 e. The summed E-state index contributed by atoms with van der Waals surface area (Å²) in [6.07, 6.45) is 1.76. The van der Waals surface area contributed by atoms with Crippen molar-refractivity contribution in [1.82, 2.24) is 10.3 Å². The van der Waals surface area contributed by atoms with Crippen LogP contribution in [0.25, 0.3) is 11.0 Å². The molecule has 0 saturated carbocycles. The fourth-order valence-electron chi connectivity index (χ4n) is 3.08. The third kappa shape index (κ3) is 3.39. The first-order chi connectivity index (χ1) is 13.2. The van der Waals surface area contributed by atoms with Gasteiger partial charge in [0.05, 0.1) is 12.3 Å². The first-order valence-corrected chi connectivity index (χ1v) is 8.81. The lowest BCUT2D eigenvalue weighted by Gasteiger charge is -2.18. The lowest BCUT2D eigenvalue weighted by atomic mass is 10.1. The highest BCUT2D eigenvalue weighted by atomic mass is 16.6. The molecule has 1 aliphatic heterocycles. The Labute approximate surface area is 155 Å². The molecule has 0 fully saturated rings.